The molecule has 1 heterocycles. The standard InChI is InChI=1S/C20H28F2N4O3S/c1-12-13(2)15(4)19(16(5)14(12)3)30(28,29)24-8-7-18(27)25(6)11-17-23-9-10-26(17)20(21)22/h9-10,20,24H,7-8,11H2,1-6H3. The van der Waals surface area contributed by atoms with Gasteiger partial charge in [-0.2, -0.15) is 8.78 Å². The summed E-state index contributed by atoms with van der Waals surface area (Å²) in [5.74, 6) is -0.329. The second-order valence-corrected chi connectivity index (χ2v) is 9.08. The summed E-state index contributed by atoms with van der Waals surface area (Å²) < 4.78 is 54.7. The summed E-state index contributed by atoms with van der Waals surface area (Å²) in [6.45, 7) is 6.33. The molecule has 1 N–H and O–H groups in total. The van der Waals surface area contributed by atoms with Crippen LogP contribution in [0.25, 0.3) is 0 Å². The molecule has 1 aromatic heterocycles. The average Bonchev–Trinajstić information content (AvgIpc) is 3.12. The van der Waals surface area contributed by atoms with Gasteiger partial charge in [-0.25, -0.2) is 18.1 Å². The first kappa shape index (κ1) is 23.9. The van der Waals surface area contributed by atoms with Crippen molar-refractivity contribution in [2.24, 2.45) is 0 Å². The van der Waals surface area contributed by atoms with E-state index in [0.29, 0.717) is 15.7 Å². The number of hydrogen-bond acceptors (Lipinski definition) is 4. The molecule has 0 spiro atoms. The Kier molecular flexibility index (Phi) is 7.36. The van der Waals surface area contributed by atoms with Crippen LogP contribution < -0.4 is 4.72 Å². The molecule has 1 aromatic carbocycles. The Hall–Kier alpha value is -2.33. The average molecular weight is 443 g/mol. The van der Waals surface area contributed by atoms with Gasteiger partial charge in [0.2, 0.25) is 15.9 Å². The molecule has 0 saturated carbocycles. The van der Waals surface area contributed by atoms with Gasteiger partial charge in [0.15, 0.2) is 0 Å². The SMILES string of the molecule is Cc1c(C)c(C)c(S(=O)(=O)NCCC(=O)N(C)Cc2nccn2C(F)F)c(C)c1C. The fourth-order valence-corrected chi connectivity index (χ4v) is 5.00. The van der Waals surface area contributed by atoms with E-state index >= 15 is 0 Å². The van der Waals surface area contributed by atoms with Gasteiger partial charge in [-0.05, 0) is 62.4 Å². The second kappa shape index (κ2) is 9.22. The van der Waals surface area contributed by atoms with Crippen molar-refractivity contribution in [2.45, 2.75) is 59.0 Å². The smallest absolute Gasteiger partial charge is 0.319 e. The van der Waals surface area contributed by atoms with Crippen LogP contribution in [-0.2, 0) is 21.4 Å². The molecule has 0 aliphatic carbocycles. The predicted molar refractivity (Wildman–Crippen MR) is 110 cm³/mol. The summed E-state index contributed by atoms with van der Waals surface area (Å²) in [7, 11) is -2.35. The van der Waals surface area contributed by atoms with Gasteiger partial charge in [-0.1, -0.05) is 0 Å². The molecule has 0 atom stereocenters. The zero-order chi connectivity index (χ0) is 22.8. The number of alkyl halides is 2. The molecule has 0 saturated heterocycles. The summed E-state index contributed by atoms with van der Waals surface area (Å²) in [6, 6.07) is 0. The van der Waals surface area contributed by atoms with E-state index in [0.717, 1.165) is 22.9 Å². The van der Waals surface area contributed by atoms with Crippen molar-refractivity contribution >= 4 is 15.9 Å². The third-order valence-corrected chi connectivity index (χ3v) is 7.33. The number of rotatable bonds is 8. The Morgan fingerprint density at radius 3 is 2.17 bits per heavy atom. The van der Waals surface area contributed by atoms with Crippen LogP contribution in [0.4, 0.5) is 8.78 Å². The van der Waals surface area contributed by atoms with Crippen LogP contribution in [0.5, 0.6) is 0 Å². The van der Waals surface area contributed by atoms with Gasteiger partial charge in [-0.15, -0.1) is 0 Å². The first-order valence-corrected chi connectivity index (χ1v) is 11.0. The molecule has 0 bridgehead atoms. The van der Waals surface area contributed by atoms with Crippen molar-refractivity contribution in [3.05, 3.63) is 46.0 Å². The number of halogens is 2. The molecule has 166 valence electrons. The zero-order valence-electron chi connectivity index (χ0n) is 18.1. The van der Waals surface area contributed by atoms with Crippen molar-refractivity contribution in [3.8, 4) is 0 Å². The summed E-state index contributed by atoms with van der Waals surface area (Å²) in [6.07, 6.45) is 2.28. The van der Waals surface area contributed by atoms with Gasteiger partial charge >= 0.3 is 6.55 Å². The maximum atomic E-state index is 12.9. The lowest BCUT2D eigenvalue weighted by Crippen LogP contribution is -2.33. The van der Waals surface area contributed by atoms with E-state index in [1.54, 1.807) is 13.8 Å². The number of hydrogen-bond donors (Lipinski definition) is 1. The Balaban J connectivity index is 2.06. The van der Waals surface area contributed by atoms with Crippen molar-refractivity contribution in [2.75, 3.05) is 13.6 Å². The molecule has 30 heavy (non-hydrogen) atoms. The number of nitrogens with zero attached hydrogens (tertiary/aromatic N) is 3. The molecule has 7 nitrogen and oxygen atoms in total. The van der Waals surface area contributed by atoms with Crippen LogP contribution in [0.15, 0.2) is 17.3 Å². The van der Waals surface area contributed by atoms with E-state index in [-0.39, 0.29) is 36.1 Å². The van der Waals surface area contributed by atoms with Crippen LogP contribution in [0.3, 0.4) is 0 Å². The number of carbonyl (C=O) groups is 1. The minimum absolute atomic E-state index is 0.0540. The second-order valence-electron chi connectivity index (χ2n) is 7.38. The molecular formula is C20H28F2N4O3S. The Bertz CT molecular complexity index is 1020. The quantitative estimate of drug-likeness (QED) is 0.681. The van der Waals surface area contributed by atoms with Gasteiger partial charge in [0.05, 0.1) is 11.4 Å². The molecule has 0 fully saturated rings. The van der Waals surface area contributed by atoms with E-state index in [1.165, 1.54) is 18.1 Å². The zero-order valence-corrected chi connectivity index (χ0v) is 18.9. The summed E-state index contributed by atoms with van der Waals surface area (Å²) >= 11 is 0. The molecular weight excluding hydrogens is 414 g/mol. The Morgan fingerprint density at radius 2 is 1.63 bits per heavy atom. The van der Waals surface area contributed by atoms with Crippen LogP contribution in [-0.4, -0.2) is 42.4 Å². The number of amides is 1. The van der Waals surface area contributed by atoms with Crippen molar-refractivity contribution < 1.29 is 22.0 Å². The van der Waals surface area contributed by atoms with Crippen molar-refractivity contribution in [1.29, 1.82) is 0 Å². The first-order chi connectivity index (χ1) is 13.9. The Labute approximate surface area is 176 Å². The third kappa shape index (κ3) is 4.86. The monoisotopic (exact) mass is 442 g/mol. The summed E-state index contributed by atoms with van der Waals surface area (Å²) in [4.78, 5) is 17.6. The van der Waals surface area contributed by atoms with Gasteiger partial charge in [0.1, 0.15) is 5.82 Å². The number of carbonyl (C=O) groups excluding carboxylic acids is 1. The number of sulfonamides is 1. The molecule has 2 rings (SSSR count). The van der Waals surface area contributed by atoms with E-state index in [2.05, 4.69) is 9.71 Å². The van der Waals surface area contributed by atoms with Crippen LogP contribution in [0.1, 0.15) is 46.6 Å². The van der Waals surface area contributed by atoms with Gasteiger partial charge < -0.3 is 4.90 Å². The molecule has 0 unspecified atom stereocenters. The maximum Gasteiger partial charge on any atom is 0.319 e. The highest BCUT2D eigenvalue weighted by atomic mass is 32.2. The molecule has 0 radical (unpaired) electrons. The minimum atomic E-state index is -3.81. The lowest BCUT2D eigenvalue weighted by atomic mass is 9.95. The normalized spacial score (nSPS) is 11.9. The van der Waals surface area contributed by atoms with Crippen LogP contribution >= 0.6 is 0 Å². The van der Waals surface area contributed by atoms with E-state index in [9.17, 15) is 22.0 Å². The number of nitrogens with one attached hydrogen (secondary N) is 1. The summed E-state index contributed by atoms with van der Waals surface area (Å²) in [5, 5.41) is 0. The van der Waals surface area contributed by atoms with E-state index in [4.69, 9.17) is 0 Å². The third-order valence-electron chi connectivity index (χ3n) is 5.59. The lowest BCUT2D eigenvalue weighted by molar-refractivity contribution is -0.130. The predicted octanol–water partition coefficient (Wildman–Crippen LogP) is 3.15. The maximum absolute atomic E-state index is 12.9. The molecule has 10 heteroatoms. The molecule has 0 aliphatic rings. The largest absolute Gasteiger partial charge is 0.338 e. The highest BCUT2D eigenvalue weighted by Crippen LogP contribution is 2.29. The van der Waals surface area contributed by atoms with Crippen LogP contribution in [0.2, 0.25) is 0 Å². The fraction of sp³-hybridized carbons (Fsp3) is 0.500. The first-order valence-electron chi connectivity index (χ1n) is 9.48. The fourth-order valence-electron chi connectivity index (χ4n) is 3.37. The van der Waals surface area contributed by atoms with Crippen molar-refractivity contribution in [3.63, 3.8) is 0 Å². The Morgan fingerprint density at radius 1 is 1.10 bits per heavy atom. The van der Waals surface area contributed by atoms with Gasteiger partial charge in [-0.3, -0.25) is 9.36 Å². The minimum Gasteiger partial charge on any atom is -0.338 e. The number of benzene rings is 1. The number of imidazole rings is 1. The van der Waals surface area contributed by atoms with Gasteiger partial charge in [0, 0.05) is 32.4 Å². The highest BCUT2D eigenvalue weighted by Gasteiger charge is 2.24. The molecule has 0 aliphatic heterocycles. The number of aromatic nitrogens is 2. The highest BCUT2D eigenvalue weighted by molar-refractivity contribution is 7.89. The summed E-state index contributed by atoms with van der Waals surface area (Å²) in [5.41, 5.74) is 4.27. The van der Waals surface area contributed by atoms with Crippen molar-refractivity contribution in [1.82, 2.24) is 19.2 Å². The molecule has 1 amide bonds. The van der Waals surface area contributed by atoms with Gasteiger partial charge in [0.25, 0.3) is 0 Å². The van der Waals surface area contributed by atoms with E-state index in [1.807, 2.05) is 20.8 Å². The topological polar surface area (TPSA) is 84.3 Å². The molecule has 2 aromatic rings. The van der Waals surface area contributed by atoms with E-state index < -0.39 is 16.6 Å². The lowest BCUT2D eigenvalue weighted by Gasteiger charge is -2.20. The van der Waals surface area contributed by atoms with Crippen LogP contribution in [0, 0.1) is 34.6 Å².